The van der Waals surface area contributed by atoms with Crippen LogP contribution < -0.4 is 0 Å². The minimum absolute atomic E-state index is 0.238. The lowest BCUT2D eigenvalue weighted by Gasteiger charge is -2.57. The van der Waals surface area contributed by atoms with Gasteiger partial charge in [-0.2, -0.15) is 0 Å². The number of likely N-dealkylation sites (tertiary alicyclic amines) is 1. The third kappa shape index (κ3) is 3.34. The number of carbonyl (C=O) groups excluding carboxylic acids is 1. The van der Waals surface area contributed by atoms with Crippen molar-refractivity contribution in [3.05, 3.63) is 0 Å². The predicted octanol–water partition coefficient (Wildman–Crippen LogP) is 3.70. The molecule has 24 heavy (non-hydrogen) atoms. The molecule has 1 atom stereocenters. The van der Waals surface area contributed by atoms with Crippen molar-refractivity contribution in [1.29, 1.82) is 0 Å². The molecule has 0 aromatic carbocycles. The number of carboxylic acids is 1. The molecule has 4 aliphatic carbocycles. The van der Waals surface area contributed by atoms with E-state index in [0.29, 0.717) is 17.2 Å². The van der Waals surface area contributed by atoms with Gasteiger partial charge in [0.1, 0.15) is 0 Å². The van der Waals surface area contributed by atoms with E-state index in [1.807, 2.05) is 0 Å². The molecule has 1 amide bonds. The van der Waals surface area contributed by atoms with Crippen LogP contribution in [0.3, 0.4) is 0 Å². The largest absolute Gasteiger partial charge is 0.481 e. The molecule has 5 fully saturated rings. The second-order valence-electron chi connectivity index (χ2n) is 9.37. The summed E-state index contributed by atoms with van der Waals surface area (Å²) in [5.74, 6) is 2.72. The van der Waals surface area contributed by atoms with E-state index in [1.165, 1.54) is 38.5 Å². The molecule has 4 saturated carbocycles. The Morgan fingerprint density at radius 1 is 1.04 bits per heavy atom. The molecule has 134 valence electrons. The zero-order valence-corrected chi connectivity index (χ0v) is 14.7. The molecule has 1 N–H and O–H groups in total. The van der Waals surface area contributed by atoms with Crippen LogP contribution in [0.25, 0.3) is 0 Å². The third-order valence-corrected chi connectivity index (χ3v) is 7.33. The van der Waals surface area contributed by atoms with Crippen LogP contribution >= 0.6 is 0 Å². The van der Waals surface area contributed by atoms with E-state index in [0.717, 1.165) is 56.5 Å². The highest BCUT2D eigenvalue weighted by atomic mass is 16.4. The Bertz CT molecular complexity index is 480. The van der Waals surface area contributed by atoms with Crippen molar-refractivity contribution in [2.24, 2.45) is 29.1 Å². The summed E-state index contributed by atoms with van der Waals surface area (Å²) in [5, 5.41) is 8.88. The van der Waals surface area contributed by atoms with Crippen molar-refractivity contribution in [2.45, 2.75) is 70.6 Å². The van der Waals surface area contributed by atoms with E-state index in [-0.39, 0.29) is 6.42 Å². The fourth-order valence-electron chi connectivity index (χ4n) is 6.79. The Morgan fingerprint density at radius 3 is 2.25 bits per heavy atom. The highest BCUT2D eigenvalue weighted by Crippen LogP contribution is 2.61. The molecule has 1 saturated heterocycles. The van der Waals surface area contributed by atoms with Gasteiger partial charge in [0.2, 0.25) is 5.91 Å². The lowest BCUT2D eigenvalue weighted by molar-refractivity contribution is -0.141. The highest BCUT2D eigenvalue weighted by molar-refractivity contribution is 5.77. The summed E-state index contributed by atoms with van der Waals surface area (Å²) in [6.45, 7) is 1.67. The fraction of sp³-hybridized carbons (Fsp3) is 0.900. The monoisotopic (exact) mass is 333 g/mol. The molecular weight excluding hydrogens is 302 g/mol. The van der Waals surface area contributed by atoms with Crippen LogP contribution in [0.5, 0.6) is 0 Å². The molecular formula is C20H31NO3. The first-order valence-corrected chi connectivity index (χ1v) is 10.0. The number of hydrogen-bond donors (Lipinski definition) is 1. The van der Waals surface area contributed by atoms with Gasteiger partial charge in [-0.05, 0) is 86.9 Å². The van der Waals surface area contributed by atoms with E-state index < -0.39 is 5.97 Å². The summed E-state index contributed by atoms with van der Waals surface area (Å²) >= 11 is 0. The van der Waals surface area contributed by atoms with Gasteiger partial charge in [-0.3, -0.25) is 9.59 Å². The summed E-state index contributed by atoms with van der Waals surface area (Å²) < 4.78 is 0. The minimum atomic E-state index is -0.716. The number of carboxylic acid groups (broad SMARTS) is 1. The topological polar surface area (TPSA) is 57.6 Å². The average Bonchev–Trinajstić information content (AvgIpc) is 2.51. The summed E-state index contributed by atoms with van der Waals surface area (Å²) in [5.41, 5.74) is 0.319. The third-order valence-electron chi connectivity index (χ3n) is 7.33. The van der Waals surface area contributed by atoms with Gasteiger partial charge in [0.05, 0.1) is 0 Å². The maximum absolute atomic E-state index is 13.0. The van der Waals surface area contributed by atoms with Crippen molar-refractivity contribution in [3.63, 3.8) is 0 Å². The number of piperidine rings is 1. The standard InChI is InChI=1S/C20H31NO3/c22-18(21-5-1-2-14(13-21)3-4-19(23)24)12-20-9-15-6-16(10-20)8-17(7-15)11-20/h14-17H,1-13H2,(H,23,24). The SMILES string of the molecule is O=C(O)CCC1CCCN(C(=O)CC23CC4CC(CC(C4)C2)C3)C1. The highest BCUT2D eigenvalue weighted by Gasteiger charge is 2.51. The molecule has 4 nitrogen and oxygen atoms in total. The molecule has 0 spiro atoms. The number of amides is 1. The maximum Gasteiger partial charge on any atom is 0.303 e. The number of aliphatic carboxylic acids is 1. The molecule has 0 radical (unpaired) electrons. The zero-order valence-electron chi connectivity index (χ0n) is 14.7. The van der Waals surface area contributed by atoms with Gasteiger partial charge >= 0.3 is 5.97 Å². The van der Waals surface area contributed by atoms with Gasteiger partial charge in [0.15, 0.2) is 0 Å². The summed E-state index contributed by atoms with van der Waals surface area (Å²) in [7, 11) is 0. The van der Waals surface area contributed by atoms with Gasteiger partial charge in [-0.25, -0.2) is 0 Å². The van der Waals surface area contributed by atoms with Crippen LogP contribution in [0.2, 0.25) is 0 Å². The van der Waals surface area contributed by atoms with Crippen molar-refractivity contribution in [3.8, 4) is 0 Å². The van der Waals surface area contributed by atoms with E-state index in [9.17, 15) is 9.59 Å². The Balaban J connectivity index is 1.35. The predicted molar refractivity (Wildman–Crippen MR) is 91.4 cm³/mol. The second kappa shape index (κ2) is 6.34. The molecule has 4 bridgehead atoms. The smallest absolute Gasteiger partial charge is 0.303 e. The van der Waals surface area contributed by atoms with E-state index in [2.05, 4.69) is 4.90 Å². The van der Waals surface area contributed by atoms with E-state index in [4.69, 9.17) is 5.11 Å². The number of rotatable bonds is 5. The number of hydrogen-bond acceptors (Lipinski definition) is 2. The Labute approximate surface area is 145 Å². The lowest BCUT2D eigenvalue weighted by atomic mass is 9.49. The summed E-state index contributed by atoms with van der Waals surface area (Å²) in [6.07, 6.45) is 12.0. The zero-order chi connectivity index (χ0) is 16.7. The van der Waals surface area contributed by atoms with Crippen LogP contribution in [0.4, 0.5) is 0 Å². The van der Waals surface area contributed by atoms with Crippen molar-refractivity contribution >= 4 is 11.9 Å². The average molecular weight is 333 g/mol. The van der Waals surface area contributed by atoms with Crippen molar-refractivity contribution < 1.29 is 14.7 Å². The molecule has 4 heteroatoms. The Hall–Kier alpha value is -1.06. The summed E-state index contributed by atoms with van der Waals surface area (Å²) in [6, 6.07) is 0. The lowest BCUT2D eigenvalue weighted by Crippen LogP contribution is -2.49. The van der Waals surface area contributed by atoms with Crippen molar-refractivity contribution in [1.82, 2.24) is 4.90 Å². The number of nitrogens with zero attached hydrogens (tertiary/aromatic N) is 1. The van der Waals surface area contributed by atoms with Crippen LogP contribution in [0, 0.1) is 29.1 Å². The second-order valence-corrected chi connectivity index (χ2v) is 9.37. The van der Waals surface area contributed by atoms with Crippen LogP contribution in [-0.4, -0.2) is 35.0 Å². The number of carbonyl (C=O) groups is 2. The molecule has 0 aromatic heterocycles. The fourth-order valence-corrected chi connectivity index (χ4v) is 6.79. The molecule has 0 aromatic rings. The quantitative estimate of drug-likeness (QED) is 0.834. The molecule has 1 unspecified atom stereocenters. The first-order valence-electron chi connectivity index (χ1n) is 10.0. The summed E-state index contributed by atoms with van der Waals surface area (Å²) in [4.78, 5) is 25.8. The van der Waals surface area contributed by atoms with E-state index in [1.54, 1.807) is 0 Å². The van der Waals surface area contributed by atoms with Crippen LogP contribution in [0.15, 0.2) is 0 Å². The first-order chi connectivity index (χ1) is 11.5. The first kappa shape index (κ1) is 16.4. The minimum Gasteiger partial charge on any atom is -0.481 e. The van der Waals surface area contributed by atoms with Gasteiger partial charge in [0.25, 0.3) is 0 Å². The van der Waals surface area contributed by atoms with Gasteiger partial charge in [-0.1, -0.05) is 0 Å². The van der Waals surface area contributed by atoms with E-state index >= 15 is 0 Å². The van der Waals surface area contributed by atoms with Gasteiger partial charge < -0.3 is 10.0 Å². The van der Waals surface area contributed by atoms with Gasteiger partial charge in [-0.15, -0.1) is 0 Å². The van der Waals surface area contributed by atoms with Crippen LogP contribution in [-0.2, 0) is 9.59 Å². The molecule has 1 heterocycles. The Morgan fingerprint density at radius 2 is 1.67 bits per heavy atom. The van der Waals surface area contributed by atoms with Crippen LogP contribution in [0.1, 0.15) is 70.6 Å². The normalized spacial score (nSPS) is 40.8. The van der Waals surface area contributed by atoms with Gasteiger partial charge in [0, 0.05) is 25.9 Å². The maximum atomic E-state index is 13.0. The molecule has 5 rings (SSSR count). The molecule has 1 aliphatic heterocycles. The molecule has 5 aliphatic rings. The van der Waals surface area contributed by atoms with Crippen molar-refractivity contribution in [2.75, 3.05) is 13.1 Å². The Kier molecular flexibility index (Phi) is 4.34.